The average Bonchev–Trinajstić information content (AvgIpc) is 2.55. The molecular formula is C18H20N2O3. The van der Waals surface area contributed by atoms with Gasteiger partial charge < -0.3 is 16.2 Å². The molecule has 0 fully saturated rings. The van der Waals surface area contributed by atoms with Gasteiger partial charge in [-0.15, -0.1) is 0 Å². The van der Waals surface area contributed by atoms with Crippen LogP contribution in [0.15, 0.2) is 48.5 Å². The Hall–Kier alpha value is -2.82. The van der Waals surface area contributed by atoms with E-state index in [0.29, 0.717) is 17.7 Å². The minimum atomic E-state index is -1.01. The van der Waals surface area contributed by atoms with Crippen LogP contribution in [0.5, 0.6) is 0 Å². The fourth-order valence-corrected chi connectivity index (χ4v) is 2.27. The third kappa shape index (κ3) is 5.14. The molecule has 2 aromatic carbocycles. The topological polar surface area (TPSA) is 92.4 Å². The summed E-state index contributed by atoms with van der Waals surface area (Å²) in [5, 5.41) is 11.8. The van der Waals surface area contributed by atoms with Gasteiger partial charge in [0.15, 0.2) is 0 Å². The van der Waals surface area contributed by atoms with E-state index in [1.807, 2.05) is 30.3 Å². The average molecular weight is 312 g/mol. The normalized spacial score (nSPS) is 10.3. The zero-order chi connectivity index (χ0) is 16.7. The van der Waals surface area contributed by atoms with Crippen molar-refractivity contribution in [3.05, 3.63) is 65.2 Å². The largest absolute Gasteiger partial charge is 0.478 e. The maximum Gasteiger partial charge on any atom is 0.335 e. The van der Waals surface area contributed by atoms with Gasteiger partial charge in [-0.3, -0.25) is 4.79 Å². The number of hydrogen-bond donors (Lipinski definition) is 3. The Morgan fingerprint density at radius 2 is 1.83 bits per heavy atom. The predicted molar refractivity (Wildman–Crippen MR) is 89.0 cm³/mol. The molecule has 0 unspecified atom stereocenters. The third-order valence-electron chi connectivity index (χ3n) is 3.58. The Morgan fingerprint density at radius 3 is 2.52 bits per heavy atom. The second-order valence-electron chi connectivity index (χ2n) is 5.33. The minimum absolute atomic E-state index is 0.0685. The highest BCUT2D eigenvalue weighted by molar-refractivity contribution is 5.88. The van der Waals surface area contributed by atoms with Gasteiger partial charge in [0.2, 0.25) is 5.91 Å². The van der Waals surface area contributed by atoms with Gasteiger partial charge in [0.25, 0.3) is 0 Å². The molecule has 0 spiro atoms. The lowest BCUT2D eigenvalue weighted by Crippen LogP contribution is -2.23. The van der Waals surface area contributed by atoms with Crippen LogP contribution in [0, 0.1) is 0 Å². The lowest BCUT2D eigenvalue weighted by atomic mass is 10.1. The lowest BCUT2D eigenvalue weighted by molar-refractivity contribution is -0.121. The van der Waals surface area contributed by atoms with E-state index in [-0.39, 0.29) is 18.0 Å². The summed E-state index contributed by atoms with van der Waals surface area (Å²) in [5.74, 6) is -1.08. The van der Waals surface area contributed by atoms with Crippen molar-refractivity contribution in [3.8, 4) is 0 Å². The fraction of sp³-hybridized carbons (Fsp3) is 0.222. The van der Waals surface area contributed by atoms with E-state index in [0.717, 1.165) is 12.8 Å². The summed E-state index contributed by atoms with van der Waals surface area (Å²) in [6.07, 6.45) is 2.04. The number of aromatic carboxylic acids is 1. The molecule has 0 aliphatic carbocycles. The molecule has 2 aromatic rings. The van der Waals surface area contributed by atoms with E-state index in [1.54, 1.807) is 6.07 Å². The van der Waals surface area contributed by atoms with E-state index in [4.69, 9.17) is 10.8 Å². The maximum absolute atomic E-state index is 11.9. The Labute approximate surface area is 135 Å². The second kappa shape index (κ2) is 7.98. The SMILES string of the molecule is Nc1ccc(C(=O)O)cc1CNC(=O)CCCc1ccccc1. The van der Waals surface area contributed by atoms with E-state index in [1.165, 1.54) is 17.7 Å². The summed E-state index contributed by atoms with van der Waals surface area (Å²) in [7, 11) is 0. The first kappa shape index (κ1) is 16.5. The van der Waals surface area contributed by atoms with Gasteiger partial charge in [0.1, 0.15) is 0 Å². The molecule has 0 saturated heterocycles. The van der Waals surface area contributed by atoms with Crippen LogP contribution in [-0.2, 0) is 17.8 Å². The molecule has 0 aliphatic rings. The Morgan fingerprint density at radius 1 is 1.09 bits per heavy atom. The molecule has 5 nitrogen and oxygen atoms in total. The van der Waals surface area contributed by atoms with E-state index in [9.17, 15) is 9.59 Å². The first-order chi connectivity index (χ1) is 11.1. The van der Waals surface area contributed by atoms with Gasteiger partial charge in [0.05, 0.1) is 5.56 Å². The van der Waals surface area contributed by atoms with Crippen LogP contribution in [0.3, 0.4) is 0 Å². The number of nitrogen functional groups attached to an aromatic ring is 1. The molecule has 1 amide bonds. The van der Waals surface area contributed by atoms with E-state index >= 15 is 0 Å². The number of carbonyl (C=O) groups excluding carboxylic acids is 1. The number of carbonyl (C=O) groups is 2. The van der Waals surface area contributed by atoms with Crippen molar-refractivity contribution in [2.45, 2.75) is 25.8 Å². The van der Waals surface area contributed by atoms with Crippen LogP contribution in [0.1, 0.15) is 34.3 Å². The maximum atomic E-state index is 11.9. The van der Waals surface area contributed by atoms with Gasteiger partial charge >= 0.3 is 5.97 Å². The molecular weight excluding hydrogens is 292 g/mol. The lowest BCUT2D eigenvalue weighted by Gasteiger charge is -2.09. The quantitative estimate of drug-likeness (QED) is 0.685. The van der Waals surface area contributed by atoms with E-state index in [2.05, 4.69) is 5.32 Å². The minimum Gasteiger partial charge on any atom is -0.478 e. The summed E-state index contributed by atoms with van der Waals surface area (Å²) < 4.78 is 0. The molecule has 0 bridgehead atoms. The smallest absolute Gasteiger partial charge is 0.335 e. The fourth-order valence-electron chi connectivity index (χ4n) is 2.27. The van der Waals surface area contributed by atoms with Gasteiger partial charge in [-0.25, -0.2) is 4.79 Å². The van der Waals surface area contributed by atoms with E-state index < -0.39 is 5.97 Å². The van der Waals surface area contributed by atoms with Crippen molar-refractivity contribution in [2.24, 2.45) is 0 Å². The van der Waals surface area contributed by atoms with Crippen molar-refractivity contribution in [1.82, 2.24) is 5.32 Å². The summed E-state index contributed by atoms with van der Waals surface area (Å²) in [6, 6.07) is 14.5. The number of anilines is 1. The van der Waals surface area contributed by atoms with Crippen LogP contribution < -0.4 is 11.1 Å². The molecule has 120 valence electrons. The number of carboxylic acids is 1. The molecule has 0 heterocycles. The molecule has 0 aliphatic heterocycles. The van der Waals surface area contributed by atoms with Crippen molar-refractivity contribution >= 4 is 17.6 Å². The molecule has 23 heavy (non-hydrogen) atoms. The van der Waals surface area contributed by atoms with Gasteiger partial charge in [-0.05, 0) is 42.2 Å². The molecule has 0 saturated carbocycles. The zero-order valence-corrected chi connectivity index (χ0v) is 12.8. The van der Waals surface area contributed by atoms with Crippen molar-refractivity contribution in [3.63, 3.8) is 0 Å². The van der Waals surface area contributed by atoms with Crippen LogP contribution in [0.2, 0.25) is 0 Å². The number of nitrogens with two attached hydrogens (primary N) is 1. The van der Waals surface area contributed by atoms with Crippen LogP contribution in [-0.4, -0.2) is 17.0 Å². The number of amides is 1. The monoisotopic (exact) mass is 312 g/mol. The van der Waals surface area contributed by atoms with Crippen molar-refractivity contribution in [2.75, 3.05) is 5.73 Å². The predicted octanol–water partition coefficient (Wildman–Crippen LogP) is 2.61. The van der Waals surface area contributed by atoms with Crippen LogP contribution in [0.25, 0.3) is 0 Å². The summed E-state index contributed by atoms with van der Waals surface area (Å²) >= 11 is 0. The Balaban J connectivity index is 1.80. The van der Waals surface area contributed by atoms with Crippen molar-refractivity contribution < 1.29 is 14.7 Å². The number of benzene rings is 2. The Bertz CT molecular complexity index is 684. The number of carboxylic acid groups (broad SMARTS) is 1. The van der Waals surface area contributed by atoms with Crippen molar-refractivity contribution in [1.29, 1.82) is 0 Å². The summed E-state index contributed by atoms with van der Waals surface area (Å²) in [4.78, 5) is 22.8. The Kier molecular flexibility index (Phi) is 5.74. The number of aryl methyl sites for hydroxylation is 1. The third-order valence-corrected chi connectivity index (χ3v) is 3.58. The molecule has 0 aromatic heterocycles. The van der Waals surface area contributed by atoms with Crippen LogP contribution in [0.4, 0.5) is 5.69 Å². The number of rotatable bonds is 7. The zero-order valence-electron chi connectivity index (χ0n) is 12.8. The first-order valence-electron chi connectivity index (χ1n) is 7.48. The molecule has 4 N–H and O–H groups in total. The van der Waals surface area contributed by atoms with Gasteiger partial charge in [-0.2, -0.15) is 0 Å². The number of hydrogen-bond acceptors (Lipinski definition) is 3. The summed E-state index contributed by atoms with van der Waals surface area (Å²) in [5.41, 5.74) is 8.26. The highest BCUT2D eigenvalue weighted by atomic mass is 16.4. The molecule has 5 heteroatoms. The molecule has 0 radical (unpaired) electrons. The summed E-state index contributed by atoms with van der Waals surface area (Å²) in [6.45, 7) is 0.233. The second-order valence-corrected chi connectivity index (χ2v) is 5.33. The molecule has 0 atom stereocenters. The van der Waals surface area contributed by atoms with Gasteiger partial charge in [-0.1, -0.05) is 30.3 Å². The highest BCUT2D eigenvalue weighted by Crippen LogP contribution is 2.14. The first-order valence-corrected chi connectivity index (χ1v) is 7.48. The number of nitrogens with one attached hydrogen (secondary N) is 1. The van der Waals surface area contributed by atoms with Crippen LogP contribution >= 0.6 is 0 Å². The molecule has 2 rings (SSSR count). The standard InChI is InChI=1S/C18H20N2O3/c19-16-10-9-14(18(22)23)11-15(16)12-20-17(21)8-4-7-13-5-2-1-3-6-13/h1-3,5-6,9-11H,4,7-8,12,19H2,(H,20,21)(H,22,23). The highest BCUT2D eigenvalue weighted by Gasteiger charge is 2.08. The van der Waals surface area contributed by atoms with Gasteiger partial charge in [0, 0.05) is 18.7 Å².